The number of methoxy groups -OCH3 is 2. The fourth-order valence-corrected chi connectivity index (χ4v) is 3.56. The third-order valence-electron chi connectivity index (χ3n) is 5.24. The second-order valence-electron chi connectivity index (χ2n) is 7.37. The summed E-state index contributed by atoms with van der Waals surface area (Å²) in [7, 11) is 2.69. The molecular weight excluding hydrogens is 358 g/mol. The number of rotatable bonds is 1. The molecule has 1 atom stereocenters. The molecule has 0 spiro atoms. The summed E-state index contributed by atoms with van der Waals surface area (Å²) in [5.74, 6) is 1.04. The van der Waals surface area contributed by atoms with Gasteiger partial charge in [0.1, 0.15) is 0 Å². The zero-order valence-corrected chi connectivity index (χ0v) is 17.6. The number of hydrogen-bond acceptors (Lipinski definition) is 6. The van der Waals surface area contributed by atoms with E-state index in [-0.39, 0.29) is 12.1 Å². The van der Waals surface area contributed by atoms with Gasteiger partial charge in [0.15, 0.2) is 0 Å². The number of hydrogen-bond donors (Lipinski definition) is 2. The first-order valence-corrected chi connectivity index (χ1v) is 9.87. The van der Waals surface area contributed by atoms with E-state index < -0.39 is 0 Å². The number of ether oxygens (including phenoxy) is 2. The van der Waals surface area contributed by atoms with Crippen LogP contribution in [0.15, 0.2) is 12.1 Å². The number of nitrogen functional groups attached to an aromatic ring is 2. The molecule has 0 bridgehead atoms. The number of benzene rings is 1. The Bertz CT molecular complexity index is 630. The molecule has 4 N–H and O–H groups in total. The predicted octanol–water partition coefficient (Wildman–Crippen LogP) is 4.13. The Morgan fingerprint density at radius 2 is 1.71 bits per heavy atom. The van der Waals surface area contributed by atoms with E-state index in [1.807, 2.05) is 13.0 Å². The van der Waals surface area contributed by atoms with Gasteiger partial charge in [0.2, 0.25) is 0 Å². The van der Waals surface area contributed by atoms with Crippen molar-refractivity contribution in [1.29, 1.82) is 0 Å². The highest BCUT2D eigenvalue weighted by Crippen LogP contribution is 2.37. The highest BCUT2D eigenvalue weighted by Gasteiger charge is 2.30. The number of carbonyl (C=O) groups excluding carboxylic acids is 2. The molecule has 1 heterocycles. The van der Waals surface area contributed by atoms with E-state index in [1.165, 1.54) is 46.3 Å². The van der Waals surface area contributed by atoms with Crippen molar-refractivity contribution in [3.63, 3.8) is 0 Å². The van der Waals surface area contributed by atoms with Crippen molar-refractivity contribution in [1.82, 2.24) is 0 Å². The molecule has 1 aliphatic carbocycles. The van der Waals surface area contributed by atoms with Gasteiger partial charge in [-0.1, -0.05) is 39.0 Å². The van der Waals surface area contributed by atoms with Crippen LogP contribution in [0.1, 0.15) is 57.9 Å². The Balaban J connectivity index is 0.000000293. The molecule has 1 fully saturated rings. The monoisotopic (exact) mass is 393 g/mol. The van der Waals surface area contributed by atoms with Crippen LogP contribution in [-0.4, -0.2) is 32.8 Å². The van der Waals surface area contributed by atoms with E-state index in [1.54, 1.807) is 11.0 Å². The fourth-order valence-electron chi connectivity index (χ4n) is 3.56. The van der Waals surface area contributed by atoms with Crippen molar-refractivity contribution < 1.29 is 19.1 Å². The molecule has 1 unspecified atom stereocenters. The summed E-state index contributed by atoms with van der Waals surface area (Å²) in [4.78, 5) is 22.4. The molecule has 3 rings (SSSR count). The molecule has 0 aromatic heterocycles. The molecule has 0 saturated heterocycles. The average molecular weight is 394 g/mol. The minimum absolute atomic E-state index is 0.109. The van der Waals surface area contributed by atoms with Crippen LogP contribution < -0.4 is 16.4 Å². The second kappa shape index (κ2) is 12.1. The van der Waals surface area contributed by atoms with Crippen LogP contribution in [0.2, 0.25) is 0 Å². The molecule has 7 nitrogen and oxygen atoms in total. The first-order valence-electron chi connectivity index (χ1n) is 9.87. The van der Waals surface area contributed by atoms with Crippen LogP contribution in [0.3, 0.4) is 0 Å². The van der Waals surface area contributed by atoms with Crippen molar-refractivity contribution in [3.05, 3.63) is 17.7 Å². The van der Waals surface area contributed by atoms with Crippen molar-refractivity contribution in [2.24, 2.45) is 5.92 Å². The standard InChI is InChI=1S/C12H17N3O2.C7H14.C2H4O2/c1-7-3-4-8-10(15(7)12(16)17-2)6-5-9(13)11(8)14;1-7-5-3-2-4-6-7;1-4-2-3/h5-7H,3-4,13-14H2,1-2H3;7H,2-6H2,1H3;2H,1H3. The lowest BCUT2D eigenvalue weighted by Gasteiger charge is -2.34. The summed E-state index contributed by atoms with van der Waals surface area (Å²) in [5, 5.41) is 0. The minimum atomic E-state index is -0.359. The zero-order valence-electron chi connectivity index (χ0n) is 17.6. The largest absolute Gasteiger partial charge is 0.471 e. The lowest BCUT2D eigenvalue weighted by Crippen LogP contribution is -2.42. The van der Waals surface area contributed by atoms with Crippen molar-refractivity contribution >= 4 is 29.6 Å². The first-order chi connectivity index (χ1) is 13.4. The van der Waals surface area contributed by atoms with Crippen LogP contribution in [0.4, 0.5) is 21.9 Å². The first kappa shape index (κ1) is 23.6. The predicted molar refractivity (Wildman–Crippen MR) is 113 cm³/mol. The number of nitrogens with zero attached hydrogens (tertiary/aromatic N) is 1. The maximum Gasteiger partial charge on any atom is 0.414 e. The summed E-state index contributed by atoms with van der Waals surface area (Å²) in [6.45, 7) is 4.73. The molecule has 2 aliphatic rings. The van der Waals surface area contributed by atoms with Crippen molar-refractivity contribution in [2.45, 2.75) is 64.8 Å². The smallest absolute Gasteiger partial charge is 0.414 e. The van der Waals surface area contributed by atoms with Crippen LogP contribution >= 0.6 is 0 Å². The second-order valence-corrected chi connectivity index (χ2v) is 7.37. The van der Waals surface area contributed by atoms with Gasteiger partial charge in [0.25, 0.3) is 6.47 Å². The van der Waals surface area contributed by atoms with Gasteiger partial charge in [-0.25, -0.2) is 4.79 Å². The highest BCUT2D eigenvalue weighted by molar-refractivity contribution is 5.92. The molecule has 1 aromatic rings. The van der Waals surface area contributed by atoms with E-state index in [2.05, 4.69) is 11.7 Å². The summed E-state index contributed by atoms with van der Waals surface area (Å²) < 4.78 is 8.66. The highest BCUT2D eigenvalue weighted by atomic mass is 16.5. The number of fused-ring (bicyclic) bond motifs is 1. The van der Waals surface area contributed by atoms with E-state index >= 15 is 0 Å². The van der Waals surface area contributed by atoms with Crippen molar-refractivity contribution in [3.8, 4) is 0 Å². The van der Waals surface area contributed by atoms with Gasteiger partial charge < -0.3 is 20.9 Å². The Labute approximate surface area is 168 Å². The Morgan fingerprint density at radius 1 is 1.11 bits per heavy atom. The minimum Gasteiger partial charge on any atom is -0.471 e. The third kappa shape index (κ3) is 6.62. The van der Waals surface area contributed by atoms with Gasteiger partial charge in [-0.15, -0.1) is 0 Å². The SMILES string of the molecule is CC1CCCCC1.COC(=O)N1c2ccc(N)c(N)c2CCC1C.COC=O. The van der Waals surface area contributed by atoms with Crippen LogP contribution in [0.25, 0.3) is 0 Å². The normalized spacial score (nSPS) is 18.4. The summed E-state index contributed by atoms with van der Waals surface area (Å²) in [6, 6.07) is 3.66. The van der Waals surface area contributed by atoms with Crippen LogP contribution in [-0.2, 0) is 20.7 Å². The molecule has 1 aromatic carbocycles. The maximum atomic E-state index is 11.8. The number of anilines is 3. The topological polar surface area (TPSA) is 108 Å². The Kier molecular flexibility index (Phi) is 10.2. The molecule has 158 valence electrons. The summed E-state index contributed by atoms with van der Waals surface area (Å²) in [5.41, 5.74) is 14.6. The lowest BCUT2D eigenvalue weighted by atomic mass is 9.91. The Hall–Kier alpha value is -2.44. The summed E-state index contributed by atoms with van der Waals surface area (Å²) >= 11 is 0. The molecule has 28 heavy (non-hydrogen) atoms. The summed E-state index contributed by atoms with van der Waals surface area (Å²) in [6.07, 6.45) is 8.77. The quantitative estimate of drug-likeness (QED) is 0.548. The molecule has 1 aliphatic heterocycles. The van der Waals surface area contributed by atoms with E-state index in [4.69, 9.17) is 21.0 Å². The number of nitrogens with two attached hydrogens (primary N) is 2. The molecule has 7 heteroatoms. The Morgan fingerprint density at radius 3 is 2.18 bits per heavy atom. The van der Waals surface area contributed by atoms with Gasteiger partial charge >= 0.3 is 6.09 Å². The molecule has 1 amide bonds. The average Bonchev–Trinajstić information content (AvgIpc) is 2.71. The van der Waals surface area contributed by atoms with Gasteiger partial charge in [-0.2, -0.15) is 0 Å². The van der Waals surface area contributed by atoms with E-state index in [9.17, 15) is 4.79 Å². The van der Waals surface area contributed by atoms with Gasteiger partial charge in [0, 0.05) is 11.6 Å². The van der Waals surface area contributed by atoms with E-state index in [0.29, 0.717) is 17.8 Å². The van der Waals surface area contributed by atoms with Gasteiger partial charge in [0.05, 0.1) is 31.3 Å². The van der Waals surface area contributed by atoms with E-state index in [0.717, 1.165) is 30.0 Å². The number of amides is 1. The lowest BCUT2D eigenvalue weighted by molar-refractivity contribution is -0.126. The number of carbonyl (C=O) groups is 2. The molecule has 0 radical (unpaired) electrons. The zero-order chi connectivity index (χ0) is 21.1. The molecular formula is C21H35N3O4. The third-order valence-corrected chi connectivity index (χ3v) is 5.24. The van der Waals surface area contributed by atoms with Crippen LogP contribution in [0, 0.1) is 5.92 Å². The van der Waals surface area contributed by atoms with Gasteiger partial charge in [-0.05, 0) is 37.8 Å². The van der Waals surface area contributed by atoms with Crippen molar-refractivity contribution in [2.75, 3.05) is 30.6 Å². The fraction of sp³-hybridized carbons (Fsp3) is 0.619. The molecule has 1 saturated carbocycles. The van der Waals surface area contributed by atoms with Gasteiger partial charge in [-0.3, -0.25) is 9.69 Å². The van der Waals surface area contributed by atoms with Crippen LogP contribution in [0.5, 0.6) is 0 Å². The maximum absolute atomic E-state index is 11.8.